The molecule has 0 spiro atoms. The van der Waals surface area contributed by atoms with Gasteiger partial charge in [0.25, 0.3) is 11.5 Å². The molecule has 8 heterocycles. The first kappa shape index (κ1) is 31.7. The first-order valence-electron chi connectivity index (χ1n) is 17.6. The van der Waals surface area contributed by atoms with Gasteiger partial charge in [-0.1, -0.05) is 6.92 Å². The monoisotopic (exact) mass is 664 g/mol. The Morgan fingerprint density at radius 2 is 1.88 bits per heavy atom. The summed E-state index contributed by atoms with van der Waals surface area (Å²) < 4.78 is 9.27. The first-order valence-corrected chi connectivity index (χ1v) is 17.6. The van der Waals surface area contributed by atoms with Gasteiger partial charge in [-0.15, -0.1) is 0 Å². The molecule has 0 bridgehead atoms. The number of rotatable bonds is 8. The Bertz CT molecular complexity index is 1930. The van der Waals surface area contributed by atoms with Gasteiger partial charge in [-0.2, -0.15) is 0 Å². The fraction of sp³-hybridized carbons (Fsp3) is 0.459. The van der Waals surface area contributed by atoms with E-state index in [0.717, 1.165) is 94.0 Å². The summed E-state index contributed by atoms with van der Waals surface area (Å²) in [5.41, 5.74) is 6.29. The van der Waals surface area contributed by atoms with Crippen molar-refractivity contribution in [3.63, 3.8) is 0 Å². The molecular weight excluding hydrogens is 620 g/mol. The average Bonchev–Trinajstić information content (AvgIpc) is 3.49. The molecule has 4 aromatic heterocycles. The number of nitrogens with one attached hydrogen (secondary N) is 1. The molecule has 4 aromatic rings. The molecular formula is C37H44N8O4. The molecule has 0 aromatic carbocycles. The second kappa shape index (κ2) is 13.1. The summed E-state index contributed by atoms with van der Waals surface area (Å²) in [6.07, 6.45) is 10.3. The van der Waals surface area contributed by atoms with Gasteiger partial charge in [0.05, 0.1) is 43.3 Å². The normalized spacial score (nSPS) is 19.8. The standard InChI is InChI=1S/C37H44N8O4/c1-3-25-20-42(28-22-49-23-28)14-15-43(25)27-7-8-34(39-18-27)40-32-16-24(19-41(2)37(32)48)29-9-11-38-35(31(29)21-46)45-13-10-33-30(36(45)47)17-26-6-4-5-12-44(26)33/h7-9,11,16-19,25,28,46H,3-6,10,12-15,20-23H2,1-2H3,(H,39,40)/t25-/m0/s1. The van der Waals surface area contributed by atoms with E-state index < -0.39 is 0 Å². The summed E-state index contributed by atoms with van der Waals surface area (Å²) in [5.74, 6) is 0.937. The van der Waals surface area contributed by atoms with Crippen LogP contribution in [0.5, 0.6) is 0 Å². The number of carbonyl (C=O) groups excluding carboxylic acids is 1. The Morgan fingerprint density at radius 3 is 2.63 bits per heavy atom. The number of hydrogen-bond acceptors (Lipinski definition) is 9. The van der Waals surface area contributed by atoms with Crippen LogP contribution in [0, 0.1) is 0 Å². The highest BCUT2D eigenvalue weighted by molar-refractivity contribution is 6.08. The van der Waals surface area contributed by atoms with Crippen molar-refractivity contribution >= 4 is 28.9 Å². The number of piperazine rings is 1. The number of ether oxygens (including phenoxy) is 1. The second-order valence-corrected chi connectivity index (χ2v) is 13.7. The van der Waals surface area contributed by atoms with Crippen molar-refractivity contribution in [3.8, 4) is 11.1 Å². The van der Waals surface area contributed by atoms with Gasteiger partial charge >= 0.3 is 0 Å². The van der Waals surface area contributed by atoms with E-state index in [1.165, 1.54) is 10.3 Å². The zero-order chi connectivity index (χ0) is 33.6. The lowest BCUT2D eigenvalue weighted by atomic mass is 10.0. The van der Waals surface area contributed by atoms with Crippen molar-refractivity contribution in [2.24, 2.45) is 7.05 Å². The molecule has 2 N–H and O–H groups in total. The predicted molar refractivity (Wildman–Crippen MR) is 189 cm³/mol. The van der Waals surface area contributed by atoms with Gasteiger partial charge in [0.15, 0.2) is 0 Å². The number of aromatic nitrogens is 4. The summed E-state index contributed by atoms with van der Waals surface area (Å²) in [5, 5.41) is 13.9. The number of fused-ring (bicyclic) bond motifs is 3. The third-order valence-electron chi connectivity index (χ3n) is 10.8. The number of aryl methyl sites for hydroxylation is 2. The van der Waals surface area contributed by atoms with Crippen molar-refractivity contribution in [3.05, 3.63) is 81.8 Å². The van der Waals surface area contributed by atoms with Crippen LogP contribution in [0.15, 0.2) is 53.7 Å². The van der Waals surface area contributed by atoms with E-state index in [-0.39, 0.29) is 18.1 Å². The van der Waals surface area contributed by atoms with Gasteiger partial charge in [0.2, 0.25) is 0 Å². The minimum Gasteiger partial charge on any atom is -0.392 e. The average molecular weight is 665 g/mol. The third-order valence-corrected chi connectivity index (χ3v) is 10.8. The molecule has 0 unspecified atom stereocenters. The molecule has 4 aliphatic rings. The summed E-state index contributed by atoms with van der Waals surface area (Å²) in [6.45, 7) is 7.99. The van der Waals surface area contributed by atoms with Crippen LogP contribution in [-0.2, 0) is 37.8 Å². The topological polar surface area (TPSA) is 121 Å². The smallest absolute Gasteiger partial charge is 0.274 e. The van der Waals surface area contributed by atoms with Crippen molar-refractivity contribution in [2.75, 3.05) is 54.5 Å². The van der Waals surface area contributed by atoms with Crippen LogP contribution in [0.25, 0.3) is 11.1 Å². The Hall–Kier alpha value is -4.52. The zero-order valence-corrected chi connectivity index (χ0v) is 28.3. The molecule has 1 amide bonds. The summed E-state index contributed by atoms with van der Waals surface area (Å²) in [4.78, 5) is 43.1. The molecule has 49 heavy (non-hydrogen) atoms. The second-order valence-electron chi connectivity index (χ2n) is 13.7. The van der Waals surface area contributed by atoms with E-state index in [9.17, 15) is 14.7 Å². The molecule has 0 radical (unpaired) electrons. The van der Waals surface area contributed by atoms with Gasteiger partial charge in [0, 0.05) is 87.1 Å². The molecule has 0 saturated carbocycles. The van der Waals surface area contributed by atoms with Crippen molar-refractivity contribution in [1.82, 2.24) is 24.0 Å². The highest BCUT2D eigenvalue weighted by atomic mass is 16.5. The van der Waals surface area contributed by atoms with E-state index in [2.05, 4.69) is 37.7 Å². The fourth-order valence-corrected chi connectivity index (χ4v) is 8.02. The lowest BCUT2D eigenvalue weighted by molar-refractivity contribution is -0.0698. The van der Waals surface area contributed by atoms with Crippen LogP contribution in [0.4, 0.5) is 23.0 Å². The largest absolute Gasteiger partial charge is 0.392 e. The maximum atomic E-state index is 13.8. The molecule has 2 saturated heterocycles. The molecule has 0 aliphatic carbocycles. The number of anilines is 4. The van der Waals surface area contributed by atoms with Gasteiger partial charge in [-0.05, 0) is 61.6 Å². The van der Waals surface area contributed by atoms with Crippen molar-refractivity contribution in [2.45, 2.75) is 64.3 Å². The maximum Gasteiger partial charge on any atom is 0.274 e. The molecule has 12 heteroatoms. The summed E-state index contributed by atoms with van der Waals surface area (Å²) >= 11 is 0. The summed E-state index contributed by atoms with van der Waals surface area (Å²) in [7, 11) is 1.71. The number of carbonyl (C=O) groups is 1. The minimum absolute atomic E-state index is 0.0834. The van der Waals surface area contributed by atoms with Gasteiger partial charge in [-0.25, -0.2) is 9.97 Å². The first-order chi connectivity index (χ1) is 23.9. The lowest BCUT2D eigenvalue weighted by Crippen LogP contribution is -2.60. The molecule has 256 valence electrons. The molecule has 12 nitrogen and oxygen atoms in total. The molecule has 4 aliphatic heterocycles. The van der Waals surface area contributed by atoms with E-state index in [4.69, 9.17) is 9.72 Å². The highest BCUT2D eigenvalue weighted by Crippen LogP contribution is 2.35. The highest BCUT2D eigenvalue weighted by Gasteiger charge is 2.34. The van der Waals surface area contributed by atoms with Gasteiger partial charge < -0.3 is 29.2 Å². The maximum absolute atomic E-state index is 13.8. The van der Waals surface area contributed by atoms with Crippen LogP contribution in [0.3, 0.4) is 0 Å². The van der Waals surface area contributed by atoms with Crippen LogP contribution < -0.4 is 20.7 Å². The van der Waals surface area contributed by atoms with E-state index >= 15 is 0 Å². The Kier molecular flexibility index (Phi) is 8.46. The molecule has 1 atom stereocenters. The number of hydrogen-bond donors (Lipinski definition) is 2. The van der Waals surface area contributed by atoms with Crippen LogP contribution in [-0.4, -0.2) is 86.5 Å². The lowest BCUT2D eigenvalue weighted by Gasteiger charge is -2.47. The van der Waals surface area contributed by atoms with Crippen LogP contribution in [0.2, 0.25) is 0 Å². The third kappa shape index (κ3) is 5.71. The Morgan fingerprint density at radius 1 is 1.00 bits per heavy atom. The van der Waals surface area contributed by atoms with E-state index in [1.54, 1.807) is 30.4 Å². The van der Waals surface area contributed by atoms with Gasteiger partial charge in [-0.3, -0.25) is 19.4 Å². The molecule has 8 rings (SSSR count). The van der Waals surface area contributed by atoms with Crippen LogP contribution in [0.1, 0.15) is 53.5 Å². The van der Waals surface area contributed by atoms with Crippen LogP contribution >= 0.6 is 0 Å². The molecule has 2 fully saturated rings. The zero-order valence-electron chi connectivity index (χ0n) is 28.3. The number of aliphatic hydroxyl groups excluding tert-OH is 1. The number of pyridine rings is 3. The fourth-order valence-electron chi connectivity index (χ4n) is 8.02. The minimum atomic E-state index is -0.308. The SMILES string of the molecule is CC[C@H]1CN(C2COC2)CCN1c1ccc(Nc2cc(-c3ccnc(N4CCc5c(cc6n5CCCC6)C4=O)c3CO)cn(C)c2=O)nc1. The number of nitrogens with zero attached hydrogens (tertiary/aromatic N) is 7. The number of amides is 1. The van der Waals surface area contributed by atoms with Gasteiger partial charge in [0.1, 0.15) is 17.3 Å². The quantitative estimate of drug-likeness (QED) is 0.291. The van der Waals surface area contributed by atoms with Crippen molar-refractivity contribution in [1.29, 1.82) is 0 Å². The van der Waals surface area contributed by atoms with E-state index in [1.807, 2.05) is 24.4 Å². The van der Waals surface area contributed by atoms with Crippen molar-refractivity contribution < 1.29 is 14.6 Å². The number of aliphatic hydroxyl groups is 1. The van der Waals surface area contributed by atoms with E-state index in [0.29, 0.717) is 47.1 Å². The predicted octanol–water partition coefficient (Wildman–Crippen LogP) is 3.72. The summed E-state index contributed by atoms with van der Waals surface area (Å²) in [6, 6.07) is 10.6. The Balaban J connectivity index is 1.04. The Labute approximate surface area is 285 Å².